The fourth-order valence-electron chi connectivity index (χ4n) is 4.90. The summed E-state index contributed by atoms with van der Waals surface area (Å²) in [7, 11) is -1.60. The highest BCUT2D eigenvalue weighted by atomic mass is 79.9. The van der Waals surface area contributed by atoms with E-state index in [0.717, 1.165) is 20.4 Å². The number of halogens is 1. The van der Waals surface area contributed by atoms with Crippen molar-refractivity contribution in [3.63, 3.8) is 0 Å². The lowest BCUT2D eigenvalue weighted by molar-refractivity contribution is -0.385. The molecule has 0 radical (unpaired) electrons. The standard InChI is InChI=1S/C33H33BrN4O7S/c1-23-12-17-29(20-30(23)38(41)42)46(43,44)37(27-13-15-28(45-3)16-14-27)22-32(39)36(21-25-10-7-11-26(34)18-25)31(33(40)35-2)19-24-8-5-4-6-9-24/h4-18,20,31H,19,21-22H2,1-3H3,(H,35,40). The SMILES string of the molecule is CNC(=O)C(Cc1ccccc1)N(Cc1cccc(Br)c1)C(=O)CN(c1ccc(OC)cc1)S(=O)(=O)c1ccc(C)c([N+](=O)[O-])c1. The molecule has 13 heteroatoms. The van der Waals surface area contributed by atoms with Crippen LogP contribution in [0.1, 0.15) is 16.7 Å². The summed E-state index contributed by atoms with van der Waals surface area (Å²) in [6.07, 6.45) is 0.166. The van der Waals surface area contributed by atoms with Crippen LogP contribution in [0, 0.1) is 17.0 Å². The molecule has 240 valence electrons. The van der Waals surface area contributed by atoms with Gasteiger partial charge in [0.15, 0.2) is 0 Å². The molecule has 0 heterocycles. The van der Waals surface area contributed by atoms with Crippen molar-refractivity contribution in [3.8, 4) is 5.75 Å². The summed E-state index contributed by atoms with van der Waals surface area (Å²) in [4.78, 5) is 39.8. The van der Waals surface area contributed by atoms with Crippen molar-refractivity contribution in [2.45, 2.75) is 30.8 Å². The zero-order valence-electron chi connectivity index (χ0n) is 25.4. The van der Waals surface area contributed by atoms with Gasteiger partial charge in [0.2, 0.25) is 11.8 Å². The fourth-order valence-corrected chi connectivity index (χ4v) is 6.78. The van der Waals surface area contributed by atoms with Crippen LogP contribution in [0.5, 0.6) is 5.75 Å². The van der Waals surface area contributed by atoms with E-state index in [1.807, 2.05) is 42.5 Å². The Morgan fingerprint density at radius 3 is 2.24 bits per heavy atom. The molecule has 0 aliphatic carbocycles. The second kappa shape index (κ2) is 15.0. The zero-order chi connectivity index (χ0) is 33.4. The topological polar surface area (TPSA) is 139 Å². The highest BCUT2D eigenvalue weighted by Crippen LogP contribution is 2.30. The van der Waals surface area contributed by atoms with E-state index in [1.54, 1.807) is 24.3 Å². The first-order chi connectivity index (χ1) is 21.9. The van der Waals surface area contributed by atoms with Crippen LogP contribution in [-0.2, 0) is 32.6 Å². The molecule has 11 nitrogen and oxygen atoms in total. The third-order valence-corrected chi connectivity index (χ3v) is 9.63. The number of methoxy groups -OCH3 is 1. The molecule has 0 fully saturated rings. The molecule has 0 aromatic heterocycles. The van der Waals surface area contributed by atoms with Crippen molar-refractivity contribution in [3.05, 3.63) is 128 Å². The number of hydrogen-bond donors (Lipinski definition) is 1. The van der Waals surface area contributed by atoms with Gasteiger partial charge in [-0.1, -0.05) is 64.5 Å². The summed E-state index contributed by atoms with van der Waals surface area (Å²) in [6, 6.07) is 25.1. The van der Waals surface area contributed by atoms with Gasteiger partial charge in [0, 0.05) is 36.1 Å². The van der Waals surface area contributed by atoms with Crippen LogP contribution in [0.2, 0.25) is 0 Å². The molecule has 0 saturated heterocycles. The average Bonchev–Trinajstić information content (AvgIpc) is 3.05. The fraction of sp³-hybridized carbons (Fsp3) is 0.212. The van der Waals surface area contributed by atoms with E-state index in [9.17, 15) is 28.1 Å². The largest absolute Gasteiger partial charge is 0.497 e. The summed E-state index contributed by atoms with van der Waals surface area (Å²) in [5.74, 6) is -0.636. The molecular weight excluding hydrogens is 676 g/mol. The number of nitro groups is 1. The van der Waals surface area contributed by atoms with E-state index >= 15 is 0 Å². The first-order valence-corrected chi connectivity index (χ1v) is 16.4. The van der Waals surface area contributed by atoms with Crippen LogP contribution in [0.4, 0.5) is 11.4 Å². The third kappa shape index (κ3) is 8.09. The molecule has 1 N–H and O–H groups in total. The molecule has 0 bridgehead atoms. The predicted octanol–water partition coefficient (Wildman–Crippen LogP) is 5.26. The van der Waals surface area contributed by atoms with E-state index in [-0.39, 0.29) is 34.8 Å². The monoisotopic (exact) mass is 708 g/mol. The number of carbonyl (C=O) groups is 2. The maximum Gasteiger partial charge on any atom is 0.273 e. The van der Waals surface area contributed by atoms with Gasteiger partial charge in [0.05, 0.1) is 22.6 Å². The minimum atomic E-state index is -4.53. The van der Waals surface area contributed by atoms with E-state index in [2.05, 4.69) is 21.2 Å². The number of anilines is 1. The Morgan fingerprint density at radius 1 is 0.957 bits per heavy atom. The number of nitro benzene ring substituents is 1. The van der Waals surface area contributed by atoms with E-state index in [4.69, 9.17) is 4.74 Å². The van der Waals surface area contributed by atoms with Crippen LogP contribution in [-0.4, -0.2) is 56.8 Å². The van der Waals surface area contributed by atoms with Crippen LogP contribution in [0.25, 0.3) is 0 Å². The maximum atomic E-state index is 14.4. The summed E-state index contributed by atoms with van der Waals surface area (Å²) in [5.41, 5.74) is 1.54. The van der Waals surface area contributed by atoms with Gasteiger partial charge in [-0.25, -0.2) is 8.42 Å². The first kappa shape index (κ1) is 34.1. The van der Waals surface area contributed by atoms with Gasteiger partial charge < -0.3 is 15.0 Å². The molecular formula is C33H33BrN4O7S. The van der Waals surface area contributed by atoms with E-state index in [0.29, 0.717) is 11.3 Å². The number of aryl methyl sites for hydroxylation is 1. The Labute approximate surface area is 276 Å². The maximum absolute atomic E-state index is 14.4. The third-order valence-electron chi connectivity index (χ3n) is 7.36. The van der Waals surface area contributed by atoms with E-state index in [1.165, 1.54) is 50.2 Å². The number of carbonyl (C=O) groups excluding carboxylic acids is 2. The Bertz CT molecular complexity index is 1820. The first-order valence-electron chi connectivity index (χ1n) is 14.2. The van der Waals surface area contributed by atoms with Crippen LogP contribution in [0.3, 0.4) is 0 Å². The molecule has 2 amide bonds. The molecule has 1 unspecified atom stereocenters. The molecule has 4 aromatic rings. The van der Waals surface area contributed by atoms with Gasteiger partial charge >= 0.3 is 0 Å². The highest BCUT2D eigenvalue weighted by Gasteiger charge is 2.35. The summed E-state index contributed by atoms with van der Waals surface area (Å²) < 4.78 is 35.3. The number of nitrogens with one attached hydrogen (secondary N) is 1. The Balaban J connectivity index is 1.83. The van der Waals surface area contributed by atoms with Crippen molar-refractivity contribution >= 4 is 49.1 Å². The minimum Gasteiger partial charge on any atom is -0.497 e. The zero-order valence-corrected chi connectivity index (χ0v) is 27.8. The minimum absolute atomic E-state index is 0.00427. The lowest BCUT2D eigenvalue weighted by Crippen LogP contribution is -2.53. The summed E-state index contributed by atoms with van der Waals surface area (Å²) >= 11 is 3.45. The number of benzene rings is 4. The lowest BCUT2D eigenvalue weighted by atomic mass is 10.0. The second-order valence-corrected chi connectivity index (χ2v) is 13.2. The second-order valence-electron chi connectivity index (χ2n) is 10.4. The van der Waals surface area contributed by atoms with Crippen molar-refractivity contribution in [2.24, 2.45) is 0 Å². The average molecular weight is 710 g/mol. The lowest BCUT2D eigenvalue weighted by Gasteiger charge is -2.33. The Hall–Kier alpha value is -4.75. The number of hydrogen-bond acceptors (Lipinski definition) is 7. The van der Waals surface area contributed by atoms with Gasteiger partial charge in [0.25, 0.3) is 15.7 Å². The van der Waals surface area contributed by atoms with Crippen LogP contribution >= 0.6 is 15.9 Å². The molecule has 0 aliphatic rings. The van der Waals surface area contributed by atoms with Gasteiger partial charge in [-0.2, -0.15) is 0 Å². The normalized spacial score (nSPS) is 11.7. The van der Waals surface area contributed by atoms with Crippen molar-refractivity contribution in [2.75, 3.05) is 25.0 Å². The van der Waals surface area contributed by atoms with Crippen molar-refractivity contribution < 1.29 is 27.7 Å². The van der Waals surface area contributed by atoms with Gasteiger partial charge in [-0.3, -0.25) is 24.0 Å². The Kier molecular flexibility index (Phi) is 11.1. The van der Waals surface area contributed by atoms with Gasteiger partial charge in [-0.15, -0.1) is 0 Å². The Morgan fingerprint density at radius 2 is 1.63 bits per heavy atom. The number of sulfonamides is 1. The van der Waals surface area contributed by atoms with Gasteiger partial charge in [-0.05, 0) is 60.5 Å². The van der Waals surface area contributed by atoms with Gasteiger partial charge in [0.1, 0.15) is 18.3 Å². The van der Waals surface area contributed by atoms with Crippen LogP contribution in [0.15, 0.2) is 106 Å². The van der Waals surface area contributed by atoms with E-state index < -0.39 is 39.3 Å². The number of likely N-dealkylation sites (N-methyl/N-ethyl adjacent to an activating group) is 1. The highest BCUT2D eigenvalue weighted by molar-refractivity contribution is 9.10. The number of nitrogens with zero attached hydrogens (tertiary/aromatic N) is 3. The molecule has 0 aliphatic heterocycles. The summed E-state index contributed by atoms with van der Waals surface area (Å²) in [6.45, 7) is 0.799. The molecule has 0 spiro atoms. The number of rotatable bonds is 13. The van der Waals surface area contributed by atoms with Crippen LogP contribution < -0.4 is 14.4 Å². The molecule has 4 aromatic carbocycles. The smallest absolute Gasteiger partial charge is 0.273 e. The van der Waals surface area contributed by atoms with Crippen molar-refractivity contribution in [1.29, 1.82) is 0 Å². The molecule has 1 atom stereocenters. The molecule has 46 heavy (non-hydrogen) atoms. The number of ether oxygens (including phenoxy) is 1. The van der Waals surface area contributed by atoms with Crippen molar-refractivity contribution in [1.82, 2.24) is 10.2 Å². The predicted molar refractivity (Wildman–Crippen MR) is 178 cm³/mol. The quantitative estimate of drug-likeness (QED) is 0.148. The summed E-state index contributed by atoms with van der Waals surface area (Å²) in [5, 5.41) is 14.3. The number of amides is 2. The molecule has 4 rings (SSSR count). The molecule has 0 saturated carbocycles.